The zero-order valence-electron chi connectivity index (χ0n) is 7.59. The Kier molecular flexibility index (Phi) is 2.12. The van der Waals surface area contributed by atoms with E-state index in [-0.39, 0.29) is 0 Å². The third-order valence-electron chi connectivity index (χ3n) is 1.94. The molecule has 4 heteroatoms. The second-order valence-electron chi connectivity index (χ2n) is 2.94. The molecule has 0 atom stereocenters. The minimum absolute atomic E-state index is 0.847. The fourth-order valence-corrected chi connectivity index (χ4v) is 1.25. The van der Waals surface area contributed by atoms with E-state index in [0.29, 0.717) is 0 Å². The van der Waals surface area contributed by atoms with E-state index in [1.54, 1.807) is 6.20 Å². The normalized spacial score (nSPS) is 10.5. The van der Waals surface area contributed by atoms with Crippen molar-refractivity contribution in [3.05, 3.63) is 36.7 Å². The van der Waals surface area contributed by atoms with Gasteiger partial charge in [-0.3, -0.25) is 4.68 Å². The summed E-state index contributed by atoms with van der Waals surface area (Å²) in [7, 11) is 0. The lowest BCUT2D eigenvalue weighted by Gasteiger charge is -1.96. The SMILES string of the molecule is CCn1cc(Cn2ccnc2)cn1. The van der Waals surface area contributed by atoms with Crippen LogP contribution in [0.3, 0.4) is 0 Å². The summed E-state index contributed by atoms with van der Waals surface area (Å²) < 4.78 is 3.95. The molecule has 0 saturated heterocycles. The third-order valence-corrected chi connectivity index (χ3v) is 1.94. The van der Waals surface area contributed by atoms with Gasteiger partial charge in [-0.1, -0.05) is 0 Å². The van der Waals surface area contributed by atoms with Crippen molar-refractivity contribution in [1.82, 2.24) is 19.3 Å². The topological polar surface area (TPSA) is 35.6 Å². The van der Waals surface area contributed by atoms with Crippen molar-refractivity contribution in [1.29, 1.82) is 0 Å². The van der Waals surface area contributed by atoms with Crippen LogP contribution in [-0.4, -0.2) is 19.3 Å². The maximum absolute atomic E-state index is 4.20. The lowest BCUT2D eigenvalue weighted by Crippen LogP contribution is -1.95. The molecule has 4 nitrogen and oxygen atoms in total. The zero-order chi connectivity index (χ0) is 9.10. The van der Waals surface area contributed by atoms with Gasteiger partial charge >= 0.3 is 0 Å². The second-order valence-corrected chi connectivity index (χ2v) is 2.94. The summed E-state index contributed by atoms with van der Waals surface area (Å²) in [6.45, 7) is 3.85. The first-order chi connectivity index (χ1) is 6.38. The van der Waals surface area contributed by atoms with Crippen LogP contribution in [0, 0.1) is 0 Å². The van der Waals surface area contributed by atoms with Gasteiger partial charge < -0.3 is 4.57 Å². The monoisotopic (exact) mass is 176 g/mol. The molecule has 0 amide bonds. The molecular formula is C9H12N4. The van der Waals surface area contributed by atoms with Gasteiger partial charge in [0.1, 0.15) is 0 Å². The largest absolute Gasteiger partial charge is 0.333 e. The van der Waals surface area contributed by atoms with E-state index in [1.165, 1.54) is 5.56 Å². The summed E-state index contributed by atoms with van der Waals surface area (Å²) in [5, 5.41) is 4.20. The van der Waals surface area contributed by atoms with Crippen LogP contribution in [0.2, 0.25) is 0 Å². The molecule has 0 aromatic carbocycles. The summed E-state index contributed by atoms with van der Waals surface area (Å²) in [5.74, 6) is 0. The number of nitrogens with zero attached hydrogens (tertiary/aromatic N) is 4. The van der Waals surface area contributed by atoms with Crippen LogP contribution in [-0.2, 0) is 13.1 Å². The van der Waals surface area contributed by atoms with Gasteiger partial charge in [0, 0.05) is 30.7 Å². The summed E-state index contributed by atoms with van der Waals surface area (Å²) in [6.07, 6.45) is 9.49. The van der Waals surface area contributed by atoms with E-state index in [9.17, 15) is 0 Å². The third kappa shape index (κ3) is 1.77. The number of rotatable bonds is 3. The van der Waals surface area contributed by atoms with Gasteiger partial charge in [0.05, 0.1) is 19.1 Å². The van der Waals surface area contributed by atoms with Crippen LogP contribution in [0.4, 0.5) is 0 Å². The van der Waals surface area contributed by atoms with Gasteiger partial charge in [-0.05, 0) is 6.92 Å². The van der Waals surface area contributed by atoms with Crippen molar-refractivity contribution in [3.8, 4) is 0 Å². The standard InChI is InChI=1S/C9H12N4/c1-2-13-7-9(5-11-13)6-12-4-3-10-8-12/h3-5,7-8H,2,6H2,1H3. The van der Waals surface area contributed by atoms with Gasteiger partial charge in [-0.25, -0.2) is 4.98 Å². The average molecular weight is 176 g/mol. The van der Waals surface area contributed by atoms with Gasteiger partial charge in [-0.2, -0.15) is 5.10 Å². The van der Waals surface area contributed by atoms with Crippen LogP contribution in [0.15, 0.2) is 31.1 Å². The molecule has 2 rings (SSSR count). The summed E-state index contributed by atoms with van der Waals surface area (Å²) in [5.41, 5.74) is 1.21. The van der Waals surface area contributed by atoms with Gasteiger partial charge in [0.25, 0.3) is 0 Å². The molecule has 0 saturated carbocycles. The van der Waals surface area contributed by atoms with Crippen LogP contribution >= 0.6 is 0 Å². The molecule has 0 bridgehead atoms. The Morgan fingerprint density at radius 2 is 2.38 bits per heavy atom. The van der Waals surface area contributed by atoms with Crippen molar-refractivity contribution < 1.29 is 0 Å². The summed E-state index contributed by atoms with van der Waals surface area (Å²) in [6, 6.07) is 0. The van der Waals surface area contributed by atoms with E-state index in [1.807, 2.05) is 28.0 Å². The average Bonchev–Trinajstić information content (AvgIpc) is 2.76. The van der Waals surface area contributed by atoms with Crippen molar-refractivity contribution in [2.75, 3.05) is 0 Å². The molecule has 68 valence electrons. The molecule has 0 radical (unpaired) electrons. The first-order valence-electron chi connectivity index (χ1n) is 4.35. The number of aromatic nitrogens is 4. The highest BCUT2D eigenvalue weighted by atomic mass is 15.3. The molecule has 0 fully saturated rings. The fraction of sp³-hybridized carbons (Fsp3) is 0.333. The Bertz CT molecular complexity index is 361. The molecule has 0 N–H and O–H groups in total. The molecule has 2 aromatic heterocycles. The Hall–Kier alpha value is -1.58. The molecular weight excluding hydrogens is 164 g/mol. The number of hydrogen-bond donors (Lipinski definition) is 0. The minimum atomic E-state index is 0.847. The van der Waals surface area contributed by atoms with Crippen molar-refractivity contribution >= 4 is 0 Å². The quantitative estimate of drug-likeness (QED) is 0.703. The highest BCUT2D eigenvalue weighted by Gasteiger charge is 1.97. The van der Waals surface area contributed by atoms with Crippen LogP contribution in [0.1, 0.15) is 12.5 Å². The molecule has 2 heterocycles. The molecule has 2 aromatic rings. The Labute approximate surface area is 76.8 Å². The smallest absolute Gasteiger partial charge is 0.0949 e. The Balaban J connectivity index is 2.10. The van der Waals surface area contributed by atoms with E-state index in [2.05, 4.69) is 23.2 Å². The fourth-order valence-electron chi connectivity index (χ4n) is 1.25. The highest BCUT2D eigenvalue weighted by molar-refractivity contribution is 5.04. The summed E-state index contributed by atoms with van der Waals surface area (Å²) >= 11 is 0. The highest BCUT2D eigenvalue weighted by Crippen LogP contribution is 2.00. The molecule has 0 aliphatic carbocycles. The van der Waals surface area contributed by atoms with E-state index >= 15 is 0 Å². The van der Waals surface area contributed by atoms with Crippen LogP contribution in [0.5, 0.6) is 0 Å². The van der Waals surface area contributed by atoms with Gasteiger partial charge in [-0.15, -0.1) is 0 Å². The predicted octanol–water partition coefficient (Wildman–Crippen LogP) is 1.15. The number of hydrogen-bond acceptors (Lipinski definition) is 2. The first-order valence-corrected chi connectivity index (χ1v) is 4.35. The number of imidazole rings is 1. The second kappa shape index (κ2) is 3.43. The molecule has 13 heavy (non-hydrogen) atoms. The zero-order valence-corrected chi connectivity index (χ0v) is 7.59. The minimum Gasteiger partial charge on any atom is -0.333 e. The predicted molar refractivity (Wildman–Crippen MR) is 49.2 cm³/mol. The molecule has 0 aliphatic heterocycles. The number of aryl methyl sites for hydroxylation is 1. The van der Waals surface area contributed by atoms with Crippen molar-refractivity contribution in [2.24, 2.45) is 0 Å². The Morgan fingerprint density at radius 1 is 1.46 bits per heavy atom. The molecule has 0 aliphatic rings. The summed E-state index contributed by atoms with van der Waals surface area (Å²) in [4.78, 5) is 3.98. The van der Waals surface area contributed by atoms with Gasteiger partial charge in [0.2, 0.25) is 0 Å². The molecule has 0 spiro atoms. The van der Waals surface area contributed by atoms with E-state index in [4.69, 9.17) is 0 Å². The maximum Gasteiger partial charge on any atom is 0.0949 e. The van der Waals surface area contributed by atoms with Gasteiger partial charge in [0.15, 0.2) is 0 Å². The van der Waals surface area contributed by atoms with E-state index in [0.717, 1.165) is 13.1 Å². The van der Waals surface area contributed by atoms with Crippen LogP contribution < -0.4 is 0 Å². The first kappa shape index (κ1) is 8.04. The van der Waals surface area contributed by atoms with Crippen molar-refractivity contribution in [2.45, 2.75) is 20.0 Å². The lowest BCUT2D eigenvalue weighted by atomic mass is 10.3. The van der Waals surface area contributed by atoms with Crippen LogP contribution in [0.25, 0.3) is 0 Å². The van der Waals surface area contributed by atoms with E-state index < -0.39 is 0 Å². The maximum atomic E-state index is 4.20. The molecule has 0 unspecified atom stereocenters. The lowest BCUT2D eigenvalue weighted by molar-refractivity contribution is 0.658. The van der Waals surface area contributed by atoms with Crippen molar-refractivity contribution in [3.63, 3.8) is 0 Å². The Morgan fingerprint density at radius 3 is 3.00 bits per heavy atom.